The molecule has 0 aromatic heterocycles. The van der Waals surface area contributed by atoms with Gasteiger partial charge in [-0.1, -0.05) is 35.0 Å². The number of rotatable bonds is 3. The van der Waals surface area contributed by atoms with E-state index in [1.165, 1.54) is 6.42 Å². The molecule has 1 atom stereocenters. The molecule has 0 spiro atoms. The normalized spacial score (nSPS) is 14.9. The van der Waals surface area contributed by atoms with Gasteiger partial charge in [-0.2, -0.15) is 0 Å². The van der Waals surface area contributed by atoms with Crippen molar-refractivity contribution in [1.82, 2.24) is 0 Å². The van der Waals surface area contributed by atoms with Crippen LogP contribution < -0.4 is 0 Å². The number of alkyl halides is 1. The molecule has 48 valence electrons. The molecule has 0 fully saturated rings. The van der Waals surface area contributed by atoms with Crippen LogP contribution in [0.2, 0.25) is 0 Å². The number of halogens is 1. The van der Waals surface area contributed by atoms with E-state index in [1.807, 2.05) is 0 Å². The molecule has 0 amide bonds. The highest BCUT2D eigenvalue weighted by molar-refractivity contribution is 9.09. The third-order valence-corrected chi connectivity index (χ3v) is 2.14. The Balaban J connectivity index is 3.10. The Bertz CT molecular complexity index is 66.8. The molecule has 0 aromatic rings. The molecule has 8 heavy (non-hydrogen) atoms. The fraction of sp³-hybridized carbons (Fsp3) is 0.714. The van der Waals surface area contributed by atoms with Gasteiger partial charge in [0.25, 0.3) is 0 Å². The highest BCUT2D eigenvalue weighted by Gasteiger charge is 1.92. The van der Waals surface area contributed by atoms with Gasteiger partial charge < -0.3 is 0 Å². The van der Waals surface area contributed by atoms with E-state index in [-0.39, 0.29) is 0 Å². The van der Waals surface area contributed by atoms with Crippen LogP contribution in [0.4, 0.5) is 0 Å². The number of hydrogen-bond acceptors (Lipinski definition) is 0. The van der Waals surface area contributed by atoms with E-state index in [4.69, 9.17) is 0 Å². The molecule has 0 aliphatic carbocycles. The van der Waals surface area contributed by atoms with E-state index >= 15 is 0 Å². The fourth-order valence-corrected chi connectivity index (χ4v) is 0.696. The molecule has 0 radical (unpaired) electrons. The first-order valence-electron chi connectivity index (χ1n) is 2.98. The second-order valence-electron chi connectivity index (χ2n) is 2.06. The first kappa shape index (κ1) is 8.22. The van der Waals surface area contributed by atoms with Crippen molar-refractivity contribution < 1.29 is 0 Å². The van der Waals surface area contributed by atoms with Crippen LogP contribution in [0.5, 0.6) is 0 Å². The van der Waals surface area contributed by atoms with Crippen LogP contribution >= 0.6 is 15.9 Å². The molecule has 0 aliphatic rings. The molecule has 1 heteroatoms. The van der Waals surface area contributed by atoms with Crippen LogP contribution in [0.15, 0.2) is 12.2 Å². The zero-order chi connectivity index (χ0) is 6.41. The van der Waals surface area contributed by atoms with E-state index in [0.717, 1.165) is 11.2 Å². The minimum absolute atomic E-state index is 0.784. The molecule has 1 unspecified atom stereocenters. The van der Waals surface area contributed by atoms with E-state index in [2.05, 4.69) is 41.9 Å². The Labute approximate surface area is 60.1 Å². The summed E-state index contributed by atoms with van der Waals surface area (Å²) in [4.78, 5) is 0. The number of allylic oxidation sites excluding steroid dienone is 2. The Hall–Kier alpha value is 0.220. The molecule has 0 N–H and O–H groups in total. The van der Waals surface area contributed by atoms with Crippen LogP contribution in [-0.2, 0) is 0 Å². The summed E-state index contributed by atoms with van der Waals surface area (Å²) in [7, 11) is 0. The van der Waals surface area contributed by atoms with Crippen LogP contribution in [0.25, 0.3) is 0 Å². The summed E-state index contributed by atoms with van der Waals surface area (Å²) < 4.78 is 0. The summed E-state index contributed by atoms with van der Waals surface area (Å²) in [6.07, 6.45) is 5.49. The Kier molecular flexibility index (Phi) is 5.51. The molecule has 0 saturated carbocycles. The second-order valence-corrected chi connectivity index (χ2v) is 2.71. The quantitative estimate of drug-likeness (QED) is 0.459. The van der Waals surface area contributed by atoms with Gasteiger partial charge in [0.1, 0.15) is 0 Å². The molecular weight excluding hydrogens is 164 g/mol. The maximum atomic E-state index is 3.41. The van der Waals surface area contributed by atoms with Crippen molar-refractivity contribution in [2.45, 2.75) is 20.3 Å². The predicted molar refractivity (Wildman–Crippen MR) is 42.4 cm³/mol. The van der Waals surface area contributed by atoms with E-state index in [1.54, 1.807) is 0 Å². The maximum absolute atomic E-state index is 3.41. The van der Waals surface area contributed by atoms with Gasteiger partial charge >= 0.3 is 0 Å². The average Bonchev–Trinajstić information content (AvgIpc) is 1.83. The van der Waals surface area contributed by atoms with E-state index < -0.39 is 0 Å². The van der Waals surface area contributed by atoms with Crippen molar-refractivity contribution in [2.24, 2.45) is 5.92 Å². The van der Waals surface area contributed by atoms with Gasteiger partial charge in [0, 0.05) is 5.33 Å². The van der Waals surface area contributed by atoms with Crippen molar-refractivity contribution in [3.8, 4) is 0 Å². The Morgan fingerprint density at radius 2 is 2.25 bits per heavy atom. The monoisotopic (exact) mass is 176 g/mol. The lowest BCUT2D eigenvalue weighted by molar-refractivity contribution is 0.680. The first-order chi connectivity index (χ1) is 3.81. The van der Waals surface area contributed by atoms with Crippen molar-refractivity contribution in [1.29, 1.82) is 0 Å². The van der Waals surface area contributed by atoms with Gasteiger partial charge in [-0.3, -0.25) is 0 Å². The second kappa shape index (κ2) is 5.36. The summed E-state index contributed by atoms with van der Waals surface area (Å²) in [6, 6.07) is 0. The van der Waals surface area contributed by atoms with Crippen molar-refractivity contribution in [2.75, 3.05) is 5.33 Å². The smallest absolute Gasteiger partial charge is 0.00599 e. The lowest BCUT2D eigenvalue weighted by Gasteiger charge is -1.99. The molecule has 0 nitrogen and oxygen atoms in total. The van der Waals surface area contributed by atoms with Crippen molar-refractivity contribution in [3.63, 3.8) is 0 Å². The van der Waals surface area contributed by atoms with Gasteiger partial charge in [-0.05, 0) is 19.3 Å². The highest BCUT2D eigenvalue weighted by atomic mass is 79.9. The third kappa shape index (κ3) is 4.38. The standard InChI is InChI=1S/C7H13Br/c1-3-4-5-7(2)6-8/h3-4,7H,5-6H2,1-2H3/b4-3+. The maximum Gasteiger partial charge on any atom is 0.00599 e. The van der Waals surface area contributed by atoms with Gasteiger partial charge in [0.2, 0.25) is 0 Å². The summed E-state index contributed by atoms with van der Waals surface area (Å²) in [5.41, 5.74) is 0. The average molecular weight is 177 g/mol. The van der Waals surface area contributed by atoms with Crippen molar-refractivity contribution in [3.05, 3.63) is 12.2 Å². The Morgan fingerprint density at radius 3 is 2.62 bits per heavy atom. The summed E-state index contributed by atoms with van der Waals surface area (Å²) in [5, 5.41) is 1.11. The van der Waals surface area contributed by atoms with Gasteiger partial charge in [-0.25, -0.2) is 0 Å². The van der Waals surface area contributed by atoms with E-state index in [9.17, 15) is 0 Å². The zero-order valence-corrected chi connectivity index (χ0v) is 7.11. The van der Waals surface area contributed by atoms with Crippen LogP contribution in [0.3, 0.4) is 0 Å². The van der Waals surface area contributed by atoms with Crippen LogP contribution in [-0.4, -0.2) is 5.33 Å². The van der Waals surface area contributed by atoms with Crippen LogP contribution in [0.1, 0.15) is 20.3 Å². The molecular formula is C7H13Br. The predicted octanol–water partition coefficient (Wildman–Crippen LogP) is 2.98. The SMILES string of the molecule is C/C=C/CC(C)CBr. The molecule has 0 rings (SSSR count). The topological polar surface area (TPSA) is 0 Å². The minimum atomic E-state index is 0.784. The molecule has 0 aromatic carbocycles. The lowest BCUT2D eigenvalue weighted by Crippen LogP contribution is -1.91. The minimum Gasteiger partial charge on any atom is -0.0925 e. The third-order valence-electron chi connectivity index (χ3n) is 1.04. The molecule has 0 aliphatic heterocycles. The molecule has 0 bridgehead atoms. The first-order valence-corrected chi connectivity index (χ1v) is 4.10. The van der Waals surface area contributed by atoms with Crippen LogP contribution in [0, 0.1) is 5.92 Å². The lowest BCUT2D eigenvalue weighted by atomic mass is 10.1. The zero-order valence-electron chi connectivity index (χ0n) is 5.52. The highest BCUT2D eigenvalue weighted by Crippen LogP contribution is 2.05. The molecule has 0 saturated heterocycles. The largest absolute Gasteiger partial charge is 0.0925 e. The summed E-state index contributed by atoms with van der Waals surface area (Å²) in [5.74, 6) is 0.784. The van der Waals surface area contributed by atoms with Gasteiger partial charge in [0.05, 0.1) is 0 Å². The van der Waals surface area contributed by atoms with E-state index in [0.29, 0.717) is 0 Å². The van der Waals surface area contributed by atoms with Gasteiger partial charge in [-0.15, -0.1) is 0 Å². The summed E-state index contributed by atoms with van der Waals surface area (Å²) in [6.45, 7) is 4.29. The van der Waals surface area contributed by atoms with Crippen molar-refractivity contribution >= 4 is 15.9 Å². The fourth-order valence-electron chi connectivity index (χ4n) is 0.431. The Morgan fingerprint density at radius 1 is 1.62 bits per heavy atom. The summed E-state index contributed by atoms with van der Waals surface area (Å²) >= 11 is 3.41. The molecule has 0 heterocycles. The van der Waals surface area contributed by atoms with Gasteiger partial charge in [0.15, 0.2) is 0 Å². The number of hydrogen-bond donors (Lipinski definition) is 0.